The molecule has 3 aromatic rings. The molecule has 0 aliphatic heterocycles. The first-order chi connectivity index (χ1) is 14.5. The molecule has 0 aliphatic rings. The molecule has 0 spiro atoms. The Labute approximate surface area is 185 Å². The number of methoxy groups -OCH3 is 1. The smallest absolute Gasteiger partial charge is 0.338 e. The van der Waals surface area contributed by atoms with Crippen molar-refractivity contribution in [1.82, 2.24) is 4.57 Å². The van der Waals surface area contributed by atoms with Crippen molar-refractivity contribution in [2.75, 3.05) is 27.1 Å². The van der Waals surface area contributed by atoms with Crippen LogP contribution in [-0.4, -0.2) is 37.7 Å². The summed E-state index contributed by atoms with van der Waals surface area (Å²) < 4.78 is 23.5. The average Bonchev–Trinajstić information content (AvgIpc) is 3.17. The number of nitrogens with zero attached hydrogens (tertiary/aromatic N) is 1. The second kappa shape index (κ2) is 10.2. The Morgan fingerprint density at radius 1 is 1.07 bits per heavy atom. The first kappa shape index (κ1) is 22.4. The molecule has 6 nitrogen and oxygen atoms in total. The number of hydrogen-bond donors (Lipinski definition) is 0. The zero-order valence-electron chi connectivity index (χ0n) is 17.0. The quantitative estimate of drug-likeness (QED) is 0.239. The molecule has 1 aromatic heterocycles. The van der Waals surface area contributed by atoms with Crippen LogP contribution in [0.15, 0.2) is 36.5 Å². The summed E-state index contributed by atoms with van der Waals surface area (Å²) in [5, 5.41) is 1.71. The molecule has 3 rings (SSSR count). The topological polar surface area (TPSA) is 58.9 Å². The summed E-state index contributed by atoms with van der Waals surface area (Å²) in [6.45, 7) is 5.17. The maximum absolute atomic E-state index is 12.3. The number of aromatic nitrogens is 1. The number of esters is 1. The molecule has 0 fully saturated rings. The van der Waals surface area contributed by atoms with Crippen LogP contribution in [0.3, 0.4) is 0 Å². The van der Waals surface area contributed by atoms with Gasteiger partial charge in [0.15, 0.2) is 12.5 Å². The molecule has 0 amide bonds. The van der Waals surface area contributed by atoms with Crippen molar-refractivity contribution in [2.45, 2.75) is 20.5 Å². The first-order valence-electron chi connectivity index (χ1n) is 9.50. The van der Waals surface area contributed by atoms with E-state index in [0.29, 0.717) is 40.3 Å². The van der Waals surface area contributed by atoms with Gasteiger partial charge in [-0.15, -0.1) is 0 Å². The van der Waals surface area contributed by atoms with E-state index in [-0.39, 0.29) is 13.4 Å². The molecular formula is C22H23Cl2NO5. The number of fused-ring (bicyclic) bond motifs is 1. The molecule has 0 aliphatic carbocycles. The second-order valence-electron chi connectivity index (χ2n) is 6.33. The van der Waals surface area contributed by atoms with Gasteiger partial charge in [-0.2, -0.15) is 0 Å². The lowest BCUT2D eigenvalue weighted by molar-refractivity contribution is 0.0224. The highest BCUT2D eigenvalue weighted by atomic mass is 35.5. The van der Waals surface area contributed by atoms with Gasteiger partial charge in [-0.1, -0.05) is 23.2 Å². The van der Waals surface area contributed by atoms with Gasteiger partial charge in [0.25, 0.3) is 0 Å². The van der Waals surface area contributed by atoms with E-state index in [4.69, 9.17) is 42.1 Å². The van der Waals surface area contributed by atoms with Gasteiger partial charge in [0.2, 0.25) is 0 Å². The molecule has 0 radical (unpaired) electrons. The van der Waals surface area contributed by atoms with Crippen LogP contribution in [0, 0.1) is 0 Å². The highest BCUT2D eigenvalue weighted by molar-refractivity contribution is 6.36. The highest BCUT2D eigenvalue weighted by Gasteiger charge is 2.20. The molecule has 0 N–H and O–H groups in total. The summed E-state index contributed by atoms with van der Waals surface area (Å²) in [6.07, 6.45) is 1.87. The van der Waals surface area contributed by atoms with Crippen LogP contribution in [0.5, 0.6) is 5.75 Å². The number of halogens is 2. The number of carbonyl (C=O) groups is 1. The van der Waals surface area contributed by atoms with Gasteiger partial charge >= 0.3 is 5.97 Å². The monoisotopic (exact) mass is 451 g/mol. The first-order valence-corrected chi connectivity index (χ1v) is 10.3. The molecule has 0 bridgehead atoms. The molecule has 160 valence electrons. The summed E-state index contributed by atoms with van der Waals surface area (Å²) in [6, 6.07) is 8.88. The minimum absolute atomic E-state index is 0.0616. The van der Waals surface area contributed by atoms with E-state index in [1.807, 2.05) is 36.7 Å². The van der Waals surface area contributed by atoms with Crippen molar-refractivity contribution in [2.24, 2.45) is 0 Å². The van der Waals surface area contributed by atoms with Crippen molar-refractivity contribution >= 4 is 40.1 Å². The lowest BCUT2D eigenvalue weighted by Gasteiger charge is -2.16. The van der Waals surface area contributed by atoms with Crippen LogP contribution in [0.2, 0.25) is 10.0 Å². The van der Waals surface area contributed by atoms with Crippen molar-refractivity contribution in [3.63, 3.8) is 0 Å². The Kier molecular flexibility index (Phi) is 7.61. The Morgan fingerprint density at radius 3 is 2.53 bits per heavy atom. The summed E-state index contributed by atoms with van der Waals surface area (Å²) in [5.41, 5.74) is 2.73. The van der Waals surface area contributed by atoms with Crippen molar-refractivity contribution < 1.29 is 23.7 Å². The lowest BCUT2D eigenvalue weighted by Crippen LogP contribution is -2.08. The zero-order valence-corrected chi connectivity index (χ0v) is 18.5. The van der Waals surface area contributed by atoms with E-state index in [1.165, 1.54) is 7.11 Å². The van der Waals surface area contributed by atoms with E-state index < -0.39 is 5.97 Å². The van der Waals surface area contributed by atoms with Crippen LogP contribution in [0.25, 0.3) is 16.6 Å². The van der Waals surface area contributed by atoms with Gasteiger partial charge in [-0.05, 0) is 44.2 Å². The minimum atomic E-state index is -0.411. The van der Waals surface area contributed by atoms with E-state index >= 15 is 0 Å². The number of ether oxygens (including phenoxy) is 4. The van der Waals surface area contributed by atoms with Gasteiger partial charge in [-0.3, -0.25) is 0 Å². The molecule has 0 saturated heterocycles. The van der Waals surface area contributed by atoms with Crippen LogP contribution in [-0.2, 0) is 20.8 Å². The predicted molar refractivity (Wildman–Crippen MR) is 117 cm³/mol. The van der Waals surface area contributed by atoms with E-state index in [0.717, 1.165) is 16.5 Å². The molecule has 30 heavy (non-hydrogen) atoms. The van der Waals surface area contributed by atoms with Gasteiger partial charge in [0, 0.05) is 35.4 Å². The van der Waals surface area contributed by atoms with E-state index in [2.05, 4.69) is 0 Å². The number of hydrogen-bond acceptors (Lipinski definition) is 5. The van der Waals surface area contributed by atoms with Gasteiger partial charge < -0.3 is 23.5 Å². The Balaban J connectivity index is 2.17. The molecule has 8 heteroatoms. The maximum atomic E-state index is 12.3. The number of carbonyl (C=O) groups excluding carboxylic acids is 1. The van der Waals surface area contributed by atoms with E-state index in [1.54, 1.807) is 18.2 Å². The van der Waals surface area contributed by atoms with E-state index in [9.17, 15) is 4.79 Å². The average molecular weight is 452 g/mol. The zero-order chi connectivity index (χ0) is 21.7. The minimum Gasteiger partial charge on any atom is -0.465 e. The standard InChI is InChI=1S/C22H23Cl2NO5/c1-4-28-12-17-15-8-9-25(19(15)7-6-16(17)22(26)27-3)20-11-14(23)10-18(24)21(20)30-13-29-5-2/h6-11H,4-5,12-13H2,1-3H3. The number of benzene rings is 2. The normalized spacial score (nSPS) is 11.1. The Bertz CT molecular complexity index is 1050. The SMILES string of the molecule is CCOCOc1c(Cl)cc(Cl)cc1-n1ccc2c(COCC)c(C(=O)OC)ccc21. The fourth-order valence-corrected chi connectivity index (χ4v) is 3.74. The summed E-state index contributed by atoms with van der Waals surface area (Å²) in [4.78, 5) is 12.3. The lowest BCUT2D eigenvalue weighted by atomic mass is 10.0. The van der Waals surface area contributed by atoms with Gasteiger partial charge in [0.1, 0.15) is 0 Å². The Hall–Kier alpha value is -2.25. The van der Waals surface area contributed by atoms with Gasteiger partial charge in [0.05, 0.1) is 35.5 Å². The van der Waals surface area contributed by atoms with Crippen LogP contribution >= 0.6 is 23.2 Å². The predicted octanol–water partition coefficient (Wildman–Crippen LogP) is 5.63. The molecule has 2 aromatic carbocycles. The molecule has 0 atom stereocenters. The van der Waals surface area contributed by atoms with Gasteiger partial charge in [-0.25, -0.2) is 4.79 Å². The van der Waals surface area contributed by atoms with Crippen molar-refractivity contribution in [3.8, 4) is 11.4 Å². The third-order valence-electron chi connectivity index (χ3n) is 4.58. The Morgan fingerprint density at radius 2 is 1.83 bits per heavy atom. The van der Waals surface area contributed by atoms with Crippen LogP contribution in [0.4, 0.5) is 0 Å². The molecular weight excluding hydrogens is 429 g/mol. The fourth-order valence-electron chi connectivity index (χ4n) is 3.20. The molecule has 0 saturated carbocycles. The highest BCUT2D eigenvalue weighted by Crippen LogP contribution is 2.37. The van der Waals surface area contributed by atoms with Crippen LogP contribution in [0.1, 0.15) is 29.8 Å². The summed E-state index contributed by atoms with van der Waals surface area (Å²) in [7, 11) is 1.36. The fraction of sp³-hybridized carbons (Fsp3) is 0.318. The second-order valence-corrected chi connectivity index (χ2v) is 7.17. The third-order valence-corrected chi connectivity index (χ3v) is 5.08. The maximum Gasteiger partial charge on any atom is 0.338 e. The molecule has 0 unspecified atom stereocenters. The summed E-state index contributed by atoms with van der Waals surface area (Å²) >= 11 is 12.7. The van der Waals surface area contributed by atoms with Crippen LogP contribution < -0.4 is 4.74 Å². The largest absolute Gasteiger partial charge is 0.465 e. The summed E-state index contributed by atoms with van der Waals surface area (Å²) in [5.74, 6) is 0.0429. The number of rotatable bonds is 9. The van der Waals surface area contributed by atoms with Crippen molar-refractivity contribution in [3.05, 3.63) is 57.7 Å². The third kappa shape index (κ3) is 4.57. The molecule has 1 heterocycles. The van der Waals surface area contributed by atoms with Crippen molar-refractivity contribution in [1.29, 1.82) is 0 Å².